The fraction of sp³-hybridized carbons (Fsp3) is 0.659. The van der Waals surface area contributed by atoms with Crippen LogP contribution in [0, 0.1) is 40.9 Å². The van der Waals surface area contributed by atoms with Gasteiger partial charge in [-0.2, -0.15) is 5.06 Å². The lowest BCUT2D eigenvalue weighted by Gasteiger charge is -2.61. The molecule has 2 aromatic rings. The van der Waals surface area contributed by atoms with Crippen LogP contribution in [0.15, 0.2) is 41.4 Å². The number of carbonyl (C=O) groups excluding carboxylic acids is 2. The number of nitrogens with zero attached hydrogens (tertiary/aromatic N) is 4. The predicted molar refractivity (Wildman–Crippen MR) is 219 cm³/mol. The number of anilines is 1. The maximum absolute atomic E-state index is 14.1. The van der Waals surface area contributed by atoms with Crippen molar-refractivity contribution in [2.45, 2.75) is 98.6 Å². The number of hydroxylamine groups is 2. The van der Waals surface area contributed by atoms with Crippen LogP contribution in [0.25, 0.3) is 11.1 Å². The normalized spacial score (nSPS) is 27.3. The van der Waals surface area contributed by atoms with Crippen molar-refractivity contribution in [3.05, 3.63) is 47.5 Å². The summed E-state index contributed by atoms with van der Waals surface area (Å²) in [6.07, 6.45) is 3.25. The molecule has 4 fully saturated rings. The molecule has 1 heterocycles. The van der Waals surface area contributed by atoms with Gasteiger partial charge in [0.15, 0.2) is 0 Å². The fourth-order valence-corrected chi connectivity index (χ4v) is 9.52. The maximum atomic E-state index is 14.1. The van der Waals surface area contributed by atoms with Gasteiger partial charge in [-0.15, -0.1) is 0 Å². The average molecular weight is 762 g/mol. The van der Waals surface area contributed by atoms with Gasteiger partial charge in [-0.05, 0) is 106 Å². The maximum Gasteiger partial charge on any atom is 0.265 e. The Morgan fingerprint density at radius 3 is 2.44 bits per heavy atom. The third-order valence-electron chi connectivity index (χ3n) is 12.6. The third kappa shape index (κ3) is 9.45. The Balaban J connectivity index is 1.47. The quantitative estimate of drug-likeness (QED) is 0.179. The van der Waals surface area contributed by atoms with Crippen molar-refractivity contribution in [1.82, 2.24) is 15.3 Å². The molecule has 0 spiro atoms. The molecular formula is C44H67N5O6. The minimum absolute atomic E-state index is 0.00577. The minimum Gasteiger partial charge on any atom is -0.493 e. The topological polar surface area (TPSA) is 127 Å². The van der Waals surface area contributed by atoms with E-state index in [0.717, 1.165) is 41.8 Å². The number of aliphatic hydroxyl groups excluding tert-OH is 2. The zero-order valence-electron chi connectivity index (χ0n) is 35.1. The molecule has 1 saturated heterocycles. The van der Waals surface area contributed by atoms with Crippen molar-refractivity contribution in [2.24, 2.45) is 45.9 Å². The number of aliphatic hydroxyl groups is 2. The van der Waals surface area contributed by atoms with E-state index >= 15 is 0 Å². The minimum atomic E-state index is -0.928. The molecular weight excluding hydrogens is 695 g/mol. The van der Waals surface area contributed by atoms with Crippen molar-refractivity contribution in [3.63, 3.8) is 0 Å². The van der Waals surface area contributed by atoms with E-state index in [-0.39, 0.29) is 36.9 Å². The van der Waals surface area contributed by atoms with Crippen molar-refractivity contribution < 1.29 is 29.4 Å². The largest absolute Gasteiger partial charge is 0.493 e. The summed E-state index contributed by atoms with van der Waals surface area (Å²) in [5.41, 5.74) is 4.11. The van der Waals surface area contributed by atoms with Gasteiger partial charge in [0.1, 0.15) is 17.9 Å². The lowest BCUT2D eigenvalue weighted by atomic mass is 9.43. The number of carbonyl (C=O) groups is 2. The number of fused-ring (bicyclic) bond motifs is 2. The molecule has 304 valence electrons. The van der Waals surface area contributed by atoms with Crippen LogP contribution >= 0.6 is 0 Å². The summed E-state index contributed by atoms with van der Waals surface area (Å²) in [7, 11) is 7.93. The molecule has 2 amide bonds. The summed E-state index contributed by atoms with van der Waals surface area (Å²) in [5, 5.41) is 26.1. The van der Waals surface area contributed by atoms with Gasteiger partial charge in [0.25, 0.3) is 11.8 Å². The number of amides is 2. The SMILES string of the molecule is CCOc1c(CN2O[C@@H](CO)C([C@H](C)O)[C@H]2C(=O)N=CC2C[C@H]3C[C@@H]([C@@H]2C)C3(C)C)cccc1-c1cc(C(=O)NC(CC(C)C)CN(C)C)cc(N(C)C)c1. The first kappa shape index (κ1) is 42.8. The Bertz CT molecular complexity index is 1660. The summed E-state index contributed by atoms with van der Waals surface area (Å²) >= 11 is 0. The number of ether oxygens (including phenoxy) is 1. The van der Waals surface area contributed by atoms with Crippen LogP contribution in [0.3, 0.4) is 0 Å². The van der Waals surface area contributed by atoms with Gasteiger partial charge in [-0.25, -0.2) is 4.99 Å². The molecule has 3 saturated carbocycles. The molecule has 1 aliphatic heterocycles. The highest BCUT2D eigenvalue weighted by atomic mass is 16.7. The van der Waals surface area contributed by atoms with E-state index < -0.39 is 24.2 Å². The van der Waals surface area contributed by atoms with E-state index in [1.807, 2.05) is 82.6 Å². The van der Waals surface area contributed by atoms with Crippen LogP contribution < -0.4 is 15.0 Å². The van der Waals surface area contributed by atoms with Crippen molar-refractivity contribution in [2.75, 3.05) is 52.8 Å². The van der Waals surface area contributed by atoms with Crippen LogP contribution in [0.4, 0.5) is 5.69 Å². The molecule has 3 N–H and O–H groups in total. The fourth-order valence-electron chi connectivity index (χ4n) is 9.52. The summed E-state index contributed by atoms with van der Waals surface area (Å²) in [4.78, 5) is 42.9. The number of rotatable bonds is 16. The van der Waals surface area contributed by atoms with Crippen molar-refractivity contribution in [1.29, 1.82) is 0 Å². The first-order valence-electron chi connectivity index (χ1n) is 20.3. The first-order valence-corrected chi connectivity index (χ1v) is 20.3. The lowest BCUT2D eigenvalue weighted by molar-refractivity contribution is -0.181. The molecule has 4 aliphatic rings. The molecule has 2 bridgehead atoms. The van der Waals surface area contributed by atoms with Gasteiger partial charge in [0.2, 0.25) is 0 Å². The molecule has 55 heavy (non-hydrogen) atoms. The van der Waals surface area contributed by atoms with Gasteiger partial charge in [0, 0.05) is 61.2 Å². The second kappa shape index (κ2) is 17.8. The van der Waals surface area contributed by atoms with Gasteiger partial charge >= 0.3 is 0 Å². The van der Waals surface area contributed by atoms with Crippen LogP contribution in [-0.2, 0) is 16.2 Å². The molecule has 0 radical (unpaired) electrons. The number of aliphatic imine (C=N–C) groups is 1. The number of hydrogen-bond donors (Lipinski definition) is 3. The molecule has 0 aromatic heterocycles. The Morgan fingerprint density at radius 2 is 1.85 bits per heavy atom. The van der Waals surface area contributed by atoms with E-state index in [4.69, 9.17) is 9.57 Å². The molecule has 3 aliphatic carbocycles. The molecule has 11 heteroatoms. The highest BCUT2D eigenvalue weighted by Crippen LogP contribution is 2.62. The van der Waals surface area contributed by atoms with E-state index in [1.54, 1.807) is 12.0 Å². The summed E-state index contributed by atoms with van der Waals surface area (Å²) in [6.45, 7) is 15.8. The van der Waals surface area contributed by atoms with Gasteiger partial charge in [-0.1, -0.05) is 52.8 Å². The highest BCUT2D eigenvalue weighted by molar-refractivity contribution is 5.97. The molecule has 9 atom stereocenters. The van der Waals surface area contributed by atoms with Gasteiger partial charge < -0.3 is 30.1 Å². The van der Waals surface area contributed by atoms with Gasteiger partial charge in [0.05, 0.1) is 25.9 Å². The average Bonchev–Trinajstić information content (AvgIpc) is 3.49. The zero-order valence-corrected chi connectivity index (χ0v) is 35.1. The van der Waals surface area contributed by atoms with E-state index in [9.17, 15) is 19.8 Å². The van der Waals surface area contributed by atoms with Crippen molar-refractivity contribution in [3.8, 4) is 16.9 Å². The third-order valence-corrected chi connectivity index (χ3v) is 12.6. The van der Waals surface area contributed by atoms with E-state index in [0.29, 0.717) is 47.0 Å². The molecule has 2 aromatic carbocycles. The zero-order chi connectivity index (χ0) is 40.4. The number of hydrogen-bond acceptors (Lipinski definition) is 9. The van der Waals surface area contributed by atoms with Crippen LogP contribution in [0.2, 0.25) is 0 Å². The Kier molecular flexibility index (Phi) is 13.9. The smallest absolute Gasteiger partial charge is 0.265 e. The van der Waals surface area contributed by atoms with E-state index in [2.05, 4.69) is 49.8 Å². The first-order chi connectivity index (χ1) is 26.0. The van der Waals surface area contributed by atoms with Crippen LogP contribution in [0.1, 0.15) is 83.7 Å². The summed E-state index contributed by atoms with van der Waals surface area (Å²) in [6, 6.07) is 10.8. The van der Waals surface area contributed by atoms with E-state index in [1.165, 1.54) is 6.42 Å². The molecule has 3 unspecified atom stereocenters. The molecule has 6 rings (SSSR count). The monoisotopic (exact) mass is 762 g/mol. The second-order valence-electron chi connectivity index (χ2n) is 17.9. The van der Waals surface area contributed by atoms with Crippen LogP contribution in [-0.4, -0.2) is 110 Å². The Hall–Kier alpha value is -3.35. The van der Waals surface area contributed by atoms with Gasteiger partial charge in [-0.3, -0.25) is 14.4 Å². The molecule has 11 nitrogen and oxygen atoms in total. The predicted octanol–water partition coefficient (Wildman–Crippen LogP) is 5.91. The lowest BCUT2D eigenvalue weighted by Crippen LogP contribution is -2.55. The standard InChI is InChI=1S/C44H67N5O6/c1-12-54-41-29(14-13-15-36(41)30-17-31(20-35(19-30)48(10)11)42(52)46-34(16-26(2)3)24-47(8)9)23-49-40(39(28(5)51)38(25-50)55-49)43(53)45-22-32-18-33-21-37(27(32)4)44(33,6)7/h13-15,17,19-20,22,26-28,32-34,37-40,50-51H,12,16,18,21,23-25H2,1-11H3,(H,46,52)/t27-,28+,32?,33+,34?,37+,38+,39?,40+/m1/s1. The number of benzene rings is 2. The van der Waals surface area contributed by atoms with Crippen molar-refractivity contribution >= 4 is 23.7 Å². The Morgan fingerprint density at radius 1 is 1.13 bits per heavy atom. The number of nitrogens with one attached hydrogen (secondary N) is 1. The summed E-state index contributed by atoms with van der Waals surface area (Å²) in [5.74, 6) is 1.72. The second-order valence-corrected chi connectivity index (χ2v) is 17.9. The highest BCUT2D eigenvalue weighted by Gasteiger charge is 2.56. The summed E-state index contributed by atoms with van der Waals surface area (Å²) < 4.78 is 6.36. The Labute approximate surface area is 329 Å². The van der Waals surface area contributed by atoms with Crippen LogP contribution in [0.5, 0.6) is 5.75 Å². The number of likely N-dealkylation sites (N-methyl/N-ethyl adjacent to an activating group) is 1. The number of para-hydroxylation sites is 1.